The number of carbonyl (C=O) groups excluding carboxylic acids is 1. The molecule has 3 aromatic carbocycles. The van der Waals surface area contributed by atoms with Gasteiger partial charge in [-0.05, 0) is 61.2 Å². The molecule has 0 unspecified atom stereocenters. The zero-order valence-electron chi connectivity index (χ0n) is 19.2. The van der Waals surface area contributed by atoms with Crippen LogP contribution >= 0.6 is 0 Å². The number of nitro benzene ring substituents is 2. The van der Waals surface area contributed by atoms with E-state index in [2.05, 4.69) is 10.5 Å². The predicted molar refractivity (Wildman–Crippen MR) is 128 cm³/mol. The van der Waals surface area contributed by atoms with Crippen LogP contribution in [0.5, 0.6) is 17.2 Å². The summed E-state index contributed by atoms with van der Waals surface area (Å²) < 4.78 is 11.2. The molecule has 3 aromatic rings. The molecule has 0 radical (unpaired) electrons. The number of nitro groups is 2. The number of rotatable bonds is 9. The van der Waals surface area contributed by atoms with Gasteiger partial charge in [-0.2, -0.15) is 5.10 Å². The topological polar surface area (TPSA) is 146 Å². The van der Waals surface area contributed by atoms with Crippen LogP contribution in [0.25, 0.3) is 0 Å². The lowest BCUT2D eigenvalue weighted by Gasteiger charge is -2.13. The van der Waals surface area contributed by atoms with Gasteiger partial charge in [-0.1, -0.05) is 24.3 Å². The van der Waals surface area contributed by atoms with Crippen LogP contribution in [0, 0.1) is 41.0 Å². The fraction of sp³-hybridized carbons (Fsp3) is 0.167. The van der Waals surface area contributed by atoms with Gasteiger partial charge in [-0.3, -0.25) is 25.0 Å². The highest BCUT2D eigenvalue weighted by Crippen LogP contribution is 2.34. The molecule has 35 heavy (non-hydrogen) atoms. The van der Waals surface area contributed by atoms with Gasteiger partial charge < -0.3 is 9.47 Å². The molecule has 11 heteroatoms. The van der Waals surface area contributed by atoms with Crippen molar-refractivity contribution in [1.82, 2.24) is 5.43 Å². The Morgan fingerprint density at radius 2 is 1.74 bits per heavy atom. The molecule has 0 atom stereocenters. The SMILES string of the molecule is Cc1ccc(C)c(OCC(=O)N/N=C/c2cccc(Oc3ccc([N+](=O)[O-])cc3[N+](=O)[O-])c2)c1C. The number of nitrogens with zero attached hydrogens (tertiary/aromatic N) is 3. The first-order valence-corrected chi connectivity index (χ1v) is 10.4. The lowest BCUT2D eigenvalue weighted by molar-refractivity contribution is -0.394. The van der Waals surface area contributed by atoms with Crippen LogP contribution in [0.3, 0.4) is 0 Å². The van der Waals surface area contributed by atoms with Gasteiger partial charge in [-0.25, -0.2) is 5.43 Å². The van der Waals surface area contributed by atoms with Crippen molar-refractivity contribution in [3.8, 4) is 17.2 Å². The van der Waals surface area contributed by atoms with E-state index in [9.17, 15) is 25.0 Å². The highest BCUT2D eigenvalue weighted by molar-refractivity contribution is 5.83. The molecule has 0 aliphatic carbocycles. The summed E-state index contributed by atoms with van der Waals surface area (Å²) in [5.41, 5.74) is 4.91. The number of ether oxygens (including phenoxy) is 2. The molecule has 0 aliphatic rings. The van der Waals surface area contributed by atoms with Crippen LogP contribution in [0.4, 0.5) is 11.4 Å². The van der Waals surface area contributed by atoms with E-state index in [0.29, 0.717) is 11.3 Å². The lowest BCUT2D eigenvalue weighted by atomic mass is 10.1. The maximum absolute atomic E-state index is 12.1. The number of non-ortho nitro benzene ring substituents is 1. The van der Waals surface area contributed by atoms with Crippen LogP contribution in [-0.4, -0.2) is 28.6 Å². The first-order chi connectivity index (χ1) is 16.7. The van der Waals surface area contributed by atoms with Crippen molar-refractivity contribution in [3.63, 3.8) is 0 Å². The van der Waals surface area contributed by atoms with E-state index in [-0.39, 0.29) is 18.1 Å². The molecule has 1 N–H and O–H groups in total. The van der Waals surface area contributed by atoms with Gasteiger partial charge in [0.25, 0.3) is 11.6 Å². The van der Waals surface area contributed by atoms with E-state index in [1.165, 1.54) is 12.3 Å². The molecule has 3 rings (SSSR count). The van der Waals surface area contributed by atoms with Crippen molar-refractivity contribution < 1.29 is 24.1 Å². The Hall–Kier alpha value is -4.80. The van der Waals surface area contributed by atoms with Gasteiger partial charge in [-0.15, -0.1) is 0 Å². The van der Waals surface area contributed by atoms with Crippen molar-refractivity contribution in [3.05, 3.63) is 97.1 Å². The monoisotopic (exact) mass is 478 g/mol. The van der Waals surface area contributed by atoms with E-state index in [4.69, 9.17) is 9.47 Å². The fourth-order valence-electron chi connectivity index (χ4n) is 3.13. The predicted octanol–water partition coefficient (Wildman–Crippen LogP) is 4.75. The van der Waals surface area contributed by atoms with Gasteiger partial charge in [0.2, 0.25) is 5.75 Å². The van der Waals surface area contributed by atoms with Crippen LogP contribution in [-0.2, 0) is 4.79 Å². The minimum absolute atomic E-state index is 0.151. The minimum atomic E-state index is -0.759. The quantitative estimate of drug-likeness (QED) is 0.265. The van der Waals surface area contributed by atoms with Gasteiger partial charge in [0.05, 0.1) is 22.1 Å². The molecule has 0 bridgehead atoms. The van der Waals surface area contributed by atoms with Gasteiger partial charge in [0.1, 0.15) is 11.5 Å². The van der Waals surface area contributed by atoms with Crippen molar-refractivity contribution in [2.24, 2.45) is 5.10 Å². The summed E-state index contributed by atoms with van der Waals surface area (Å²) in [5, 5.41) is 26.1. The second-order valence-electron chi connectivity index (χ2n) is 7.58. The Bertz CT molecular complexity index is 1320. The van der Waals surface area contributed by atoms with Gasteiger partial charge in [0.15, 0.2) is 6.61 Å². The second-order valence-corrected chi connectivity index (χ2v) is 7.58. The number of hydrogen-bond acceptors (Lipinski definition) is 8. The summed E-state index contributed by atoms with van der Waals surface area (Å²) in [6.07, 6.45) is 1.37. The number of carbonyl (C=O) groups is 1. The number of aryl methyl sites for hydroxylation is 2. The van der Waals surface area contributed by atoms with E-state index >= 15 is 0 Å². The smallest absolute Gasteiger partial charge is 0.318 e. The Morgan fingerprint density at radius 3 is 2.46 bits per heavy atom. The first-order valence-electron chi connectivity index (χ1n) is 10.4. The van der Waals surface area contributed by atoms with Crippen LogP contribution in [0.2, 0.25) is 0 Å². The van der Waals surface area contributed by atoms with Crippen LogP contribution < -0.4 is 14.9 Å². The molecule has 0 saturated carbocycles. The molecule has 180 valence electrons. The van der Waals surface area contributed by atoms with Crippen molar-refractivity contribution in [1.29, 1.82) is 0 Å². The second kappa shape index (κ2) is 10.9. The number of amides is 1. The number of benzene rings is 3. The Balaban J connectivity index is 1.63. The molecule has 0 spiro atoms. The number of nitrogens with one attached hydrogen (secondary N) is 1. The van der Waals surface area contributed by atoms with E-state index in [1.54, 1.807) is 18.2 Å². The Kier molecular flexibility index (Phi) is 7.72. The lowest BCUT2D eigenvalue weighted by Crippen LogP contribution is -2.25. The van der Waals surface area contributed by atoms with Crippen LogP contribution in [0.15, 0.2) is 59.7 Å². The third-order valence-electron chi connectivity index (χ3n) is 5.06. The average molecular weight is 478 g/mol. The van der Waals surface area contributed by atoms with Gasteiger partial charge in [0, 0.05) is 6.07 Å². The van der Waals surface area contributed by atoms with Crippen LogP contribution in [0.1, 0.15) is 22.3 Å². The molecule has 0 heterocycles. The third kappa shape index (κ3) is 6.38. The molecule has 1 amide bonds. The number of hydrazone groups is 1. The number of hydrogen-bond donors (Lipinski definition) is 1. The Morgan fingerprint density at radius 1 is 1.00 bits per heavy atom. The maximum atomic E-state index is 12.1. The highest BCUT2D eigenvalue weighted by atomic mass is 16.6. The Labute approximate surface area is 200 Å². The summed E-state index contributed by atoms with van der Waals surface area (Å²) in [6, 6.07) is 13.4. The summed E-state index contributed by atoms with van der Waals surface area (Å²) in [4.78, 5) is 32.8. The van der Waals surface area contributed by atoms with Crippen molar-refractivity contribution in [2.75, 3.05) is 6.61 Å². The van der Waals surface area contributed by atoms with E-state index < -0.39 is 27.1 Å². The standard InChI is InChI=1S/C24H22N4O7/c1-15-7-8-16(2)24(17(15)3)34-14-23(29)26-25-13-18-5-4-6-20(11-18)35-22-10-9-19(27(30)31)12-21(22)28(32)33/h4-13H,14H2,1-3H3,(H,26,29)/b25-13+. The largest absolute Gasteiger partial charge is 0.483 e. The molecule has 0 fully saturated rings. The molecular weight excluding hydrogens is 456 g/mol. The first kappa shape index (κ1) is 24.8. The minimum Gasteiger partial charge on any atom is -0.483 e. The molecule has 11 nitrogen and oxygen atoms in total. The van der Waals surface area contributed by atoms with Crippen molar-refractivity contribution >= 4 is 23.5 Å². The zero-order valence-corrected chi connectivity index (χ0v) is 19.2. The third-order valence-corrected chi connectivity index (χ3v) is 5.06. The summed E-state index contributed by atoms with van der Waals surface area (Å²) >= 11 is 0. The molecule has 0 aromatic heterocycles. The summed E-state index contributed by atoms with van der Waals surface area (Å²) in [6.45, 7) is 5.57. The average Bonchev–Trinajstić information content (AvgIpc) is 2.82. The molecule has 0 saturated heterocycles. The van der Waals surface area contributed by atoms with E-state index in [0.717, 1.165) is 34.9 Å². The van der Waals surface area contributed by atoms with Crippen molar-refractivity contribution in [2.45, 2.75) is 20.8 Å². The van der Waals surface area contributed by atoms with Gasteiger partial charge >= 0.3 is 5.69 Å². The zero-order chi connectivity index (χ0) is 25.5. The normalized spacial score (nSPS) is 10.7. The molecule has 0 aliphatic heterocycles. The van der Waals surface area contributed by atoms with E-state index in [1.807, 2.05) is 32.9 Å². The highest BCUT2D eigenvalue weighted by Gasteiger charge is 2.21. The maximum Gasteiger partial charge on any atom is 0.318 e. The fourth-order valence-corrected chi connectivity index (χ4v) is 3.13. The summed E-state index contributed by atoms with van der Waals surface area (Å²) in [5.74, 6) is 0.303. The summed E-state index contributed by atoms with van der Waals surface area (Å²) in [7, 11) is 0. The molecular formula is C24H22N4O7.